The first-order valence-electron chi connectivity index (χ1n) is 8.07. The summed E-state index contributed by atoms with van der Waals surface area (Å²) < 4.78 is 17.7. The Labute approximate surface area is 168 Å². The number of aromatic nitrogens is 4. The Morgan fingerprint density at radius 2 is 1.89 bits per heavy atom. The molecule has 0 bridgehead atoms. The van der Waals surface area contributed by atoms with Gasteiger partial charge in [0.15, 0.2) is 29.2 Å². The molecule has 3 heterocycles. The lowest BCUT2D eigenvalue weighted by atomic mass is 10.1. The number of rotatable bonds is 5. The quantitative estimate of drug-likeness (QED) is 0.381. The van der Waals surface area contributed by atoms with E-state index in [4.69, 9.17) is 37.4 Å². The summed E-state index contributed by atoms with van der Waals surface area (Å²) in [7, 11) is 0. The van der Waals surface area contributed by atoms with Crippen LogP contribution in [0.4, 0.5) is 0 Å². The van der Waals surface area contributed by atoms with Crippen LogP contribution in [0, 0.1) is 0 Å². The van der Waals surface area contributed by atoms with E-state index in [1.165, 1.54) is 17.8 Å². The van der Waals surface area contributed by atoms with E-state index in [0.717, 1.165) is 6.92 Å². The van der Waals surface area contributed by atoms with Crippen molar-refractivity contribution < 1.29 is 34.0 Å². The predicted octanol–water partition coefficient (Wildman–Crippen LogP) is 0.247. The van der Waals surface area contributed by atoms with Gasteiger partial charge >= 0.3 is 11.9 Å². The van der Waals surface area contributed by atoms with E-state index in [1.807, 2.05) is 0 Å². The Hall–Kier alpha value is -2.05. The Kier molecular flexibility index (Phi) is 6.01. The molecular formula is C15H16Cl2N4O7. The molecule has 11 nitrogen and oxygen atoms in total. The molecule has 13 heteroatoms. The van der Waals surface area contributed by atoms with Gasteiger partial charge in [-0.2, -0.15) is 4.98 Å². The molecule has 0 saturated carbocycles. The van der Waals surface area contributed by atoms with Crippen LogP contribution in [0.1, 0.15) is 20.1 Å². The molecule has 3 rings (SSSR count). The smallest absolute Gasteiger partial charge is 0.303 e. The van der Waals surface area contributed by atoms with E-state index >= 15 is 0 Å². The minimum atomic E-state index is -1.41. The molecule has 0 unspecified atom stereocenters. The van der Waals surface area contributed by atoms with Gasteiger partial charge in [-0.3, -0.25) is 14.2 Å². The molecule has 0 spiro atoms. The lowest BCUT2D eigenvalue weighted by Crippen LogP contribution is -2.44. The third-order valence-corrected chi connectivity index (χ3v) is 4.45. The van der Waals surface area contributed by atoms with Gasteiger partial charge in [0.05, 0.1) is 12.9 Å². The average Bonchev–Trinajstić information content (AvgIpc) is 3.16. The van der Waals surface area contributed by atoms with E-state index < -0.39 is 49.2 Å². The number of halogens is 2. The van der Waals surface area contributed by atoms with Crippen LogP contribution < -0.4 is 0 Å². The van der Waals surface area contributed by atoms with Crippen molar-refractivity contribution in [2.75, 3.05) is 6.61 Å². The van der Waals surface area contributed by atoms with Crippen molar-refractivity contribution >= 4 is 46.3 Å². The molecule has 0 amide bonds. The van der Waals surface area contributed by atoms with Gasteiger partial charge in [0.2, 0.25) is 5.28 Å². The van der Waals surface area contributed by atoms with Crippen LogP contribution in [0.3, 0.4) is 0 Å². The van der Waals surface area contributed by atoms with Crippen LogP contribution >= 0.6 is 23.2 Å². The van der Waals surface area contributed by atoms with Gasteiger partial charge in [0, 0.05) is 13.8 Å². The topological polar surface area (TPSA) is 146 Å². The third-order valence-electron chi connectivity index (χ3n) is 4.02. The first kappa shape index (κ1) is 20.7. The highest BCUT2D eigenvalue weighted by molar-refractivity contribution is 6.35. The van der Waals surface area contributed by atoms with Crippen molar-refractivity contribution in [2.45, 2.75) is 44.5 Å². The van der Waals surface area contributed by atoms with Crippen molar-refractivity contribution in [3.63, 3.8) is 0 Å². The number of imidazole rings is 1. The van der Waals surface area contributed by atoms with Crippen LogP contribution in [0.25, 0.3) is 11.2 Å². The normalized spacial score (nSPS) is 25.6. The predicted molar refractivity (Wildman–Crippen MR) is 93.5 cm³/mol. The standard InChI is InChI=1S/C15H16Cl2N4O7/c1-5(23)26-10-9(7(25)3-22)28-14(11(10)27-6(2)24)21-4-18-8-12(16)19-15(17)20-13(8)21/h4,7,9-11,14,22,25H,3H2,1-2H3/t7-,9-,10-,11-,14-/m1/s1. The van der Waals surface area contributed by atoms with E-state index in [0.29, 0.717) is 0 Å². The molecule has 1 saturated heterocycles. The fraction of sp³-hybridized carbons (Fsp3) is 0.533. The summed E-state index contributed by atoms with van der Waals surface area (Å²) >= 11 is 11.9. The van der Waals surface area contributed by atoms with Gasteiger partial charge < -0.3 is 24.4 Å². The molecule has 1 aliphatic heterocycles. The van der Waals surface area contributed by atoms with Crippen molar-refractivity contribution in [1.29, 1.82) is 0 Å². The van der Waals surface area contributed by atoms with Crippen molar-refractivity contribution in [2.24, 2.45) is 0 Å². The first-order valence-corrected chi connectivity index (χ1v) is 8.83. The van der Waals surface area contributed by atoms with Crippen LogP contribution in [0.15, 0.2) is 6.33 Å². The Morgan fingerprint density at radius 3 is 2.50 bits per heavy atom. The molecule has 28 heavy (non-hydrogen) atoms. The highest BCUT2D eigenvalue weighted by atomic mass is 35.5. The van der Waals surface area contributed by atoms with Gasteiger partial charge in [0.25, 0.3) is 0 Å². The van der Waals surface area contributed by atoms with Gasteiger partial charge in [-0.15, -0.1) is 0 Å². The summed E-state index contributed by atoms with van der Waals surface area (Å²) in [5, 5.41) is 19.3. The van der Waals surface area contributed by atoms with E-state index in [1.54, 1.807) is 0 Å². The monoisotopic (exact) mass is 434 g/mol. The van der Waals surface area contributed by atoms with E-state index in [-0.39, 0.29) is 21.6 Å². The molecule has 2 aromatic rings. The highest BCUT2D eigenvalue weighted by Gasteiger charge is 2.52. The minimum absolute atomic E-state index is 0.000683. The van der Waals surface area contributed by atoms with Crippen molar-refractivity contribution in [3.8, 4) is 0 Å². The van der Waals surface area contributed by atoms with Gasteiger partial charge in [0.1, 0.15) is 17.7 Å². The summed E-state index contributed by atoms with van der Waals surface area (Å²) in [6.07, 6.45) is -4.76. The zero-order valence-corrected chi connectivity index (χ0v) is 16.2. The number of aliphatic hydroxyl groups is 2. The van der Waals surface area contributed by atoms with Crippen molar-refractivity contribution in [3.05, 3.63) is 16.8 Å². The second kappa shape index (κ2) is 8.13. The molecule has 0 aliphatic carbocycles. The number of esters is 2. The molecule has 2 aromatic heterocycles. The lowest BCUT2D eigenvalue weighted by Gasteiger charge is -2.24. The first-order chi connectivity index (χ1) is 13.2. The minimum Gasteiger partial charge on any atom is -0.455 e. The number of hydrogen-bond donors (Lipinski definition) is 2. The van der Waals surface area contributed by atoms with Gasteiger partial charge in [-0.05, 0) is 11.6 Å². The van der Waals surface area contributed by atoms with E-state index in [2.05, 4.69) is 15.0 Å². The number of carbonyl (C=O) groups is 2. The Balaban J connectivity index is 2.09. The van der Waals surface area contributed by atoms with E-state index in [9.17, 15) is 19.8 Å². The fourth-order valence-corrected chi connectivity index (χ4v) is 3.41. The number of fused-ring (bicyclic) bond motifs is 1. The molecule has 0 aromatic carbocycles. The molecular weight excluding hydrogens is 419 g/mol. The number of carbonyl (C=O) groups excluding carboxylic acids is 2. The average molecular weight is 435 g/mol. The van der Waals surface area contributed by atoms with Crippen LogP contribution in [-0.4, -0.2) is 72.7 Å². The van der Waals surface area contributed by atoms with Crippen molar-refractivity contribution in [1.82, 2.24) is 19.5 Å². The summed E-state index contributed by atoms with van der Waals surface area (Å²) in [5.41, 5.74) is 0.388. The Bertz CT molecular complexity index is 908. The zero-order valence-electron chi connectivity index (χ0n) is 14.7. The van der Waals surface area contributed by atoms with Gasteiger partial charge in [-0.25, -0.2) is 9.97 Å². The second-order valence-corrected chi connectivity index (χ2v) is 6.69. The maximum absolute atomic E-state index is 11.6. The number of aliphatic hydroxyl groups excluding tert-OH is 2. The zero-order chi connectivity index (χ0) is 20.6. The number of hydrogen-bond acceptors (Lipinski definition) is 10. The largest absolute Gasteiger partial charge is 0.455 e. The molecule has 152 valence electrons. The molecule has 5 atom stereocenters. The third kappa shape index (κ3) is 3.89. The summed E-state index contributed by atoms with van der Waals surface area (Å²) in [4.78, 5) is 35.1. The van der Waals surface area contributed by atoms with Crippen LogP contribution in [-0.2, 0) is 23.8 Å². The lowest BCUT2D eigenvalue weighted by molar-refractivity contribution is -0.166. The number of ether oxygens (including phenoxy) is 3. The highest BCUT2D eigenvalue weighted by Crippen LogP contribution is 2.37. The fourth-order valence-electron chi connectivity index (χ4n) is 2.99. The SMILES string of the molecule is CC(=O)O[C@H]1[C@@H](OC(C)=O)[C@H](n2cnc3c(Cl)nc(Cl)nc32)O[C@@H]1[C@H](O)CO. The summed E-state index contributed by atoms with van der Waals surface area (Å²) in [5.74, 6) is -1.37. The van der Waals surface area contributed by atoms with Crippen LogP contribution in [0.2, 0.25) is 10.4 Å². The van der Waals surface area contributed by atoms with Gasteiger partial charge in [-0.1, -0.05) is 11.6 Å². The maximum atomic E-state index is 11.6. The Morgan fingerprint density at radius 1 is 1.25 bits per heavy atom. The summed E-state index contributed by atoms with van der Waals surface area (Å²) in [6, 6.07) is 0. The molecule has 1 fully saturated rings. The molecule has 1 aliphatic rings. The summed E-state index contributed by atoms with van der Waals surface area (Å²) in [6.45, 7) is 1.64. The maximum Gasteiger partial charge on any atom is 0.303 e. The second-order valence-electron chi connectivity index (χ2n) is 6.00. The number of nitrogens with zero attached hydrogens (tertiary/aromatic N) is 4. The molecule has 0 radical (unpaired) electrons. The molecule has 2 N–H and O–H groups in total. The van der Waals surface area contributed by atoms with Crippen LogP contribution in [0.5, 0.6) is 0 Å².